The molecule has 27 heavy (non-hydrogen) atoms. The average molecular weight is 364 g/mol. The highest BCUT2D eigenvalue weighted by Crippen LogP contribution is 2.25. The van der Waals surface area contributed by atoms with Crippen molar-refractivity contribution < 1.29 is 9.59 Å². The van der Waals surface area contributed by atoms with Crippen molar-refractivity contribution in [2.24, 2.45) is 11.7 Å². The van der Waals surface area contributed by atoms with Crippen LogP contribution < -0.4 is 16.0 Å². The Morgan fingerprint density at radius 3 is 2.63 bits per heavy atom. The monoisotopic (exact) mass is 364 g/mol. The highest BCUT2D eigenvalue weighted by Gasteiger charge is 2.34. The van der Waals surface area contributed by atoms with Gasteiger partial charge in [0, 0.05) is 19.2 Å². The Bertz CT molecular complexity index is 982. The molecule has 1 fully saturated rings. The second-order valence-corrected chi connectivity index (χ2v) is 6.08. The predicted molar refractivity (Wildman–Crippen MR) is 96.2 cm³/mol. The summed E-state index contributed by atoms with van der Waals surface area (Å²) in [6, 6.07) is 8.45. The number of aromatic nitrogens is 5. The summed E-state index contributed by atoms with van der Waals surface area (Å²) in [5.74, 6) is 0.349. The third-order valence-corrected chi connectivity index (χ3v) is 4.32. The molecule has 0 atom stereocenters. The highest BCUT2D eigenvalue weighted by molar-refractivity contribution is 6.03. The van der Waals surface area contributed by atoms with Crippen LogP contribution in [0.4, 0.5) is 11.5 Å². The first-order chi connectivity index (χ1) is 13.1. The lowest BCUT2D eigenvalue weighted by Crippen LogP contribution is -2.52. The molecular weight excluding hydrogens is 348 g/mol. The number of hydrogen-bond donors (Lipinski definition) is 2. The minimum absolute atomic E-state index is 0.162. The van der Waals surface area contributed by atoms with Gasteiger partial charge >= 0.3 is 0 Å². The number of nitrogens with zero attached hydrogens (tertiary/aromatic N) is 6. The summed E-state index contributed by atoms with van der Waals surface area (Å²) in [6.07, 6.45) is 4.42. The molecule has 1 aromatic carbocycles. The van der Waals surface area contributed by atoms with E-state index >= 15 is 0 Å². The van der Waals surface area contributed by atoms with Crippen molar-refractivity contribution in [3.8, 4) is 5.82 Å². The van der Waals surface area contributed by atoms with Crippen LogP contribution in [0.5, 0.6) is 0 Å². The second-order valence-electron chi connectivity index (χ2n) is 6.08. The molecule has 0 spiro atoms. The molecule has 0 bridgehead atoms. The van der Waals surface area contributed by atoms with Crippen molar-refractivity contribution in [3.05, 3.63) is 54.9 Å². The maximum atomic E-state index is 12.5. The van der Waals surface area contributed by atoms with Gasteiger partial charge in [-0.05, 0) is 12.1 Å². The summed E-state index contributed by atoms with van der Waals surface area (Å²) >= 11 is 0. The molecule has 2 amide bonds. The first-order valence-corrected chi connectivity index (χ1v) is 8.23. The van der Waals surface area contributed by atoms with E-state index in [1.807, 2.05) is 4.90 Å². The number of nitrogens with one attached hydrogen (secondary N) is 1. The fourth-order valence-corrected chi connectivity index (χ4v) is 2.84. The van der Waals surface area contributed by atoms with Gasteiger partial charge in [-0.3, -0.25) is 9.59 Å². The number of rotatable bonds is 5. The lowest BCUT2D eigenvalue weighted by atomic mass is 9.98. The highest BCUT2D eigenvalue weighted by atomic mass is 16.2. The molecule has 1 aliphatic heterocycles. The number of amides is 2. The van der Waals surface area contributed by atoms with Crippen molar-refractivity contribution in [1.29, 1.82) is 0 Å². The topological polar surface area (TPSA) is 132 Å². The molecule has 0 saturated carbocycles. The molecule has 10 nitrogen and oxygen atoms in total. The maximum absolute atomic E-state index is 12.5. The first-order valence-electron chi connectivity index (χ1n) is 8.23. The van der Waals surface area contributed by atoms with E-state index in [4.69, 9.17) is 5.73 Å². The van der Waals surface area contributed by atoms with E-state index in [0.29, 0.717) is 30.4 Å². The summed E-state index contributed by atoms with van der Waals surface area (Å²) < 4.78 is 1.54. The van der Waals surface area contributed by atoms with Crippen molar-refractivity contribution in [1.82, 2.24) is 24.7 Å². The predicted octanol–water partition coefficient (Wildman–Crippen LogP) is 0.231. The smallest absolute Gasteiger partial charge is 0.250 e. The van der Waals surface area contributed by atoms with E-state index in [1.165, 1.54) is 17.3 Å². The quantitative estimate of drug-likeness (QED) is 0.662. The van der Waals surface area contributed by atoms with E-state index in [9.17, 15) is 9.59 Å². The van der Waals surface area contributed by atoms with Gasteiger partial charge in [0.25, 0.3) is 5.91 Å². The SMILES string of the molecule is NC(=O)c1ccccc1NC(=O)C1CN(c2cc(-n3cncn3)ncn2)C1. The van der Waals surface area contributed by atoms with E-state index in [0.717, 1.165) is 0 Å². The molecule has 0 radical (unpaired) electrons. The zero-order valence-electron chi connectivity index (χ0n) is 14.2. The molecule has 4 rings (SSSR count). The fourth-order valence-electron chi connectivity index (χ4n) is 2.84. The van der Waals surface area contributed by atoms with Crippen LogP contribution in [0, 0.1) is 5.92 Å². The minimum atomic E-state index is -0.581. The molecule has 0 unspecified atom stereocenters. The minimum Gasteiger partial charge on any atom is -0.366 e. The number of primary amides is 1. The lowest BCUT2D eigenvalue weighted by molar-refractivity contribution is -0.120. The molecule has 3 heterocycles. The normalized spacial score (nSPS) is 13.9. The van der Waals surface area contributed by atoms with Crippen LogP contribution in [0.2, 0.25) is 0 Å². The zero-order valence-corrected chi connectivity index (χ0v) is 14.2. The zero-order chi connectivity index (χ0) is 18.8. The number of carbonyl (C=O) groups excluding carboxylic acids is 2. The number of anilines is 2. The third kappa shape index (κ3) is 3.32. The van der Waals surface area contributed by atoms with Gasteiger partial charge in [-0.1, -0.05) is 12.1 Å². The largest absolute Gasteiger partial charge is 0.366 e. The molecule has 1 saturated heterocycles. The number of hydrogen-bond acceptors (Lipinski definition) is 7. The van der Waals surface area contributed by atoms with Crippen molar-refractivity contribution in [2.75, 3.05) is 23.3 Å². The van der Waals surface area contributed by atoms with Gasteiger partial charge in [0.15, 0.2) is 5.82 Å². The Balaban J connectivity index is 1.41. The van der Waals surface area contributed by atoms with Gasteiger partial charge in [0.2, 0.25) is 5.91 Å². The van der Waals surface area contributed by atoms with E-state index < -0.39 is 5.91 Å². The van der Waals surface area contributed by atoms with Crippen molar-refractivity contribution in [3.63, 3.8) is 0 Å². The first kappa shape index (κ1) is 16.6. The van der Waals surface area contributed by atoms with Crippen LogP contribution in [0.15, 0.2) is 49.3 Å². The van der Waals surface area contributed by atoms with Gasteiger partial charge in [-0.15, -0.1) is 0 Å². The Kier molecular flexibility index (Phi) is 4.21. The second kappa shape index (κ2) is 6.83. The summed E-state index contributed by atoms with van der Waals surface area (Å²) in [5, 5.41) is 6.82. The van der Waals surface area contributed by atoms with Gasteiger partial charge in [-0.2, -0.15) is 5.10 Å². The molecule has 1 aliphatic rings. The summed E-state index contributed by atoms with van der Waals surface area (Å²) in [4.78, 5) is 38.2. The van der Waals surface area contributed by atoms with Gasteiger partial charge in [0.1, 0.15) is 24.8 Å². The molecular formula is C17H16N8O2. The van der Waals surface area contributed by atoms with Crippen LogP contribution >= 0.6 is 0 Å². The van der Waals surface area contributed by atoms with Crippen molar-refractivity contribution >= 4 is 23.3 Å². The Labute approximate surface area is 154 Å². The third-order valence-electron chi connectivity index (χ3n) is 4.32. The molecule has 3 N–H and O–H groups in total. The number of benzene rings is 1. The average Bonchev–Trinajstić information content (AvgIpc) is 3.16. The van der Waals surface area contributed by atoms with E-state index in [1.54, 1.807) is 36.7 Å². The van der Waals surface area contributed by atoms with Crippen LogP contribution in [-0.2, 0) is 4.79 Å². The standard InChI is InChI=1S/C17H16N8O2/c18-16(26)12-3-1-2-4-13(12)23-17(27)11-6-24(7-11)14-5-15(21-9-20-14)25-10-19-8-22-25/h1-5,8-11H,6-7H2,(H2,18,26)(H,23,27). The van der Waals surface area contributed by atoms with Crippen LogP contribution in [0.3, 0.4) is 0 Å². The summed E-state index contributed by atoms with van der Waals surface area (Å²) in [5.41, 5.74) is 6.05. The Morgan fingerprint density at radius 1 is 1.11 bits per heavy atom. The van der Waals surface area contributed by atoms with E-state index in [2.05, 4.69) is 25.4 Å². The van der Waals surface area contributed by atoms with Crippen LogP contribution in [0.25, 0.3) is 5.82 Å². The van der Waals surface area contributed by atoms with Crippen molar-refractivity contribution in [2.45, 2.75) is 0 Å². The van der Waals surface area contributed by atoms with Crippen LogP contribution in [-0.4, -0.2) is 49.6 Å². The van der Waals surface area contributed by atoms with Gasteiger partial charge < -0.3 is 16.0 Å². The molecule has 0 aliphatic carbocycles. The lowest BCUT2D eigenvalue weighted by Gasteiger charge is -2.39. The fraction of sp³-hybridized carbons (Fsp3) is 0.176. The number of para-hydroxylation sites is 1. The van der Waals surface area contributed by atoms with Gasteiger partial charge in [0.05, 0.1) is 17.2 Å². The number of nitrogens with two attached hydrogens (primary N) is 1. The summed E-state index contributed by atoms with van der Waals surface area (Å²) in [7, 11) is 0. The van der Waals surface area contributed by atoms with Gasteiger partial charge in [-0.25, -0.2) is 19.6 Å². The summed E-state index contributed by atoms with van der Waals surface area (Å²) in [6.45, 7) is 1.02. The van der Waals surface area contributed by atoms with Crippen LogP contribution in [0.1, 0.15) is 10.4 Å². The van der Waals surface area contributed by atoms with E-state index in [-0.39, 0.29) is 17.4 Å². The maximum Gasteiger partial charge on any atom is 0.250 e. The Morgan fingerprint density at radius 2 is 1.89 bits per heavy atom. The molecule has 3 aromatic rings. The number of carbonyl (C=O) groups is 2. The molecule has 2 aromatic heterocycles. The molecule has 136 valence electrons. The Hall–Kier alpha value is -3.82. The molecule has 10 heteroatoms.